The van der Waals surface area contributed by atoms with E-state index in [1.54, 1.807) is 17.0 Å². The number of rotatable bonds is 4. The SMILES string of the molecule is O=C([C@H]1CC(C(O)c2ccccc2)C2CCC21)N1CC(F)CC1c1cccc(F)c1. The van der Waals surface area contributed by atoms with Crippen LogP contribution in [-0.2, 0) is 4.79 Å². The van der Waals surface area contributed by atoms with Crippen molar-refractivity contribution in [2.45, 2.75) is 44.0 Å². The van der Waals surface area contributed by atoms with Crippen molar-refractivity contribution in [2.24, 2.45) is 23.7 Å². The van der Waals surface area contributed by atoms with E-state index in [0.717, 1.165) is 18.4 Å². The standard InChI is InChI=1S/C25H27F2NO2/c26-17-8-4-7-16(11-17)23-12-18(27)14-28(23)25(30)22-13-21(19-9-10-20(19)22)24(29)15-5-2-1-3-6-15/h1-8,11,18-24,29H,9-10,12-14H2/t18?,19?,20?,21?,22-,23?,24?/m0/s1. The molecule has 30 heavy (non-hydrogen) atoms. The van der Waals surface area contributed by atoms with Crippen molar-refractivity contribution >= 4 is 5.91 Å². The van der Waals surface area contributed by atoms with Gasteiger partial charge in [-0.25, -0.2) is 8.78 Å². The molecular formula is C25H27F2NO2. The summed E-state index contributed by atoms with van der Waals surface area (Å²) >= 11 is 0. The minimum absolute atomic E-state index is 0.0260. The van der Waals surface area contributed by atoms with E-state index in [9.17, 15) is 18.7 Å². The minimum atomic E-state index is -1.09. The first-order chi connectivity index (χ1) is 14.5. The van der Waals surface area contributed by atoms with E-state index >= 15 is 0 Å². The van der Waals surface area contributed by atoms with Crippen LogP contribution in [0.1, 0.15) is 49.0 Å². The Morgan fingerprint density at radius 3 is 2.50 bits per heavy atom. The topological polar surface area (TPSA) is 40.5 Å². The van der Waals surface area contributed by atoms with Gasteiger partial charge < -0.3 is 10.0 Å². The lowest BCUT2D eigenvalue weighted by molar-refractivity contribution is -0.139. The molecule has 2 aliphatic carbocycles. The molecule has 3 nitrogen and oxygen atoms in total. The fourth-order valence-corrected chi connectivity index (χ4v) is 6.04. The maximum absolute atomic E-state index is 14.3. The molecule has 6 unspecified atom stereocenters. The van der Waals surface area contributed by atoms with E-state index in [0.29, 0.717) is 17.9 Å². The number of benzene rings is 2. The van der Waals surface area contributed by atoms with Gasteiger partial charge in [0.05, 0.1) is 18.7 Å². The summed E-state index contributed by atoms with van der Waals surface area (Å²) in [5.74, 6) is 0.0678. The summed E-state index contributed by atoms with van der Waals surface area (Å²) in [5.41, 5.74) is 1.55. The fourth-order valence-electron chi connectivity index (χ4n) is 6.04. The summed E-state index contributed by atoms with van der Waals surface area (Å²) in [6, 6.07) is 15.4. The molecule has 1 N–H and O–H groups in total. The molecule has 0 bridgehead atoms. The van der Waals surface area contributed by atoms with Crippen molar-refractivity contribution in [1.29, 1.82) is 0 Å². The van der Waals surface area contributed by atoms with Crippen LogP contribution in [0.25, 0.3) is 0 Å². The highest BCUT2D eigenvalue weighted by Gasteiger charge is 2.55. The van der Waals surface area contributed by atoms with Crippen molar-refractivity contribution < 1.29 is 18.7 Å². The molecular weight excluding hydrogens is 384 g/mol. The number of hydrogen-bond donors (Lipinski definition) is 1. The van der Waals surface area contributed by atoms with Gasteiger partial charge in [0.25, 0.3) is 0 Å². The van der Waals surface area contributed by atoms with Crippen LogP contribution >= 0.6 is 0 Å². The molecule has 3 aliphatic rings. The highest BCUT2D eigenvalue weighted by Crippen LogP contribution is 2.58. The molecule has 1 saturated heterocycles. The molecule has 0 radical (unpaired) electrons. The van der Waals surface area contributed by atoms with E-state index in [1.807, 2.05) is 30.3 Å². The predicted octanol–water partition coefficient (Wildman–Crippen LogP) is 4.83. The lowest BCUT2D eigenvalue weighted by atomic mass is 9.68. The number of fused-ring (bicyclic) bond motifs is 1. The molecule has 2 saturated carbocycles. The van der Waals surface area contributed by atoms with E-state index in [4.69, 9.17) is 0 Å². The minimum Gasteiger partial charge on any atom is -0.388 e. The summed E-state index contributed by atoms with van der Waals surface area (Å²) < 4.78 is 28.1. The molecule has 1 aliphatic heterocycles. The second-order valence-corrected chi connectivity index (χ2v) is 9.16. The zero-order valence-electron chi connectivity index (χ0n) is 16.8. The number of carbonyl (C=O) groups excluding carboxylic acids is 1. The number of carbonyl (C=O) groups is 1. The number of aliphatic hydroxyl groups excluding tert-OH is 1. The van der Waals surface area contributed by atoms with Gasteiger partial charge in [-0.2, -0.15) is 0 Å². The molecule has 7 atom stereocenters. The zero-order valence-corrected chi connectivity index (χ0v) is 16.8. The molecule has 3 fully saturated rings. The lowest BCUT2D eigenvalue weighted by Crippen LogP contribution is -2.40. The third kappa shape index (κ3) is 3.33. The van der Waals surface area contributed by atoms with Crippen LogP contribution in [0, 0.1) is 29.5 Å². The van der Waals surface area contributed by atoms with Gasteiger partial charge in [0.1, 0.15) is 12.0 Å². The monoisotopic (exact) mass is 411 g/mol. The van der Waals surface area contributed by atoms with Gasteiger partial charge in [0.15, 0.2) is 0 Å². The van der Waals surface area contributed by atoms with E-state index < -0.39 is 18.3 Å². The van der Waals surface area contributed by atoms with Gasteiger partial charge in [-0.1, -0.05) is 42.5 Å². The molecule has 2 aromatic rings. The van der Waals surface area contributed by atoms with Gasteiger partial charge in [-0.15, -0.1) is 0 Å². The Morgan fingerprint density at radius 1 is 1.03 bits per heavy atom. The lowest BCUT2D eigenvalue weighted by Gasteiger charge is -2.38. The molecule has 158 valence electrons. The predicted molar refractivity (Wildman–Crippen MR) is 110 cm³/mol. The summed E-state index contributed by atoms with van der Waals surface area (Å²) in [4.78, 5) is 15.2. The highest BCUT2D eigenvalue weighted by atomic mass is 19.1. The summed E-state index contributed by atoms with van der Waals surface area (Å²) in [6.07, 6.45) is 1.19. The maximum atomic E-state index is 14.3. The van der Waals surface area contributed by atoms with Crippen LogP contribution < -0.4 is 0 Å². The maximum Gasteiger partial charge on any atom is 0.226 e. The van der Waals surface area contributed by atoms with Crippen LogP contribution in [0.2, 0.25) is 0 Å². The quantitative estimate of drug-likeness (QED) is 0.783. The third-order valence-corrected chi connectivity index (χ3v) is 7.61. The number of nitrogens with zero attached hydrogens (tertiary/aromatic N) is 1. The van der Waals surface area contributed by atoms with Crippen LogP contribution in [0.4, 0.5) is 8.78 Å². The molecule has 5 heteroatoms. The van der Waals surface area contributed by atoms with Gasteiger partial charge in [-0.3, -0.25) is 4.79 Å². The number of hydrogen-bond acceptors (Lipinski definition) is 2. The Kier molecular flexibility index (Phi) is 5.10. The molecule has 1 heterocycles. The van der Waals surface area contributed by atoms with Gasteiger partial charge in [0.2, 0.25) is 5.91 Å². The smallest absolute Gasteiger partial charge is 0.226 e. The van der Waals surface area contributed by atoms with Crippen molar-refractivity contribution in [3.05, 3.63) is 71.5 Å². The number of amides is 1. The second-order valence-electron chi connectivity index (χ2n) is 9.16. The van der Waals surface area contributed by atoms with E-state index in [1.165, 1.54) is 12.1 Å². The second kappa shape index (κ2) is 7.77. The summed E-state index contributed by atoms with van der Waals surface area (Å²) in [7, 11) is 0. The van der Waals surface area contributed by atoms with Crippen LogP contribution in [0.5, 0.6) is 0 Å². The molecule has 5 rings (SSSR count). The average Bonchev–Trinajstić information content (AvgIpc) is 3.24. The van der Waals surface area contributed by atoms with Crippen LogP contribution in [-0.4, -0.2) is 28.6 Å². The highest BCUT2D eigenvalue weighted by molar-refractivity contribution is 5.80. The first-order valence-electron chi connectivity index (χ1n) is 11.0. The molecule has 1 amide bonds. The zero-order chi connectivity index (χ0) is 20.8. The first-order valence-corrected chi connectivity index (χ1v) is 11.0. The Hall–Kier alpha value is -2.27. The number of likely N-dealkylation sites (tertiary alicyclic amines) is 1. The Balaban J connectivity index is 1.37. The molecule has 2 aromatic carbocycles. The van der Waals surface area contributed by atoms with Crippen LogP contribution in [0.3, 0.4) is 0 Å². The Labute approximate surface area is 175 Å². The van der Waals surface area contributed by atoms with Crippen molar-refractivity contribution in [2.75, 3.05) is 6.54 Å². The normalized spacial score (nSPS) is 33.8. The van der Waals surface area contributed by atoms with E-state index in [2.05, 4.69) is 0 Å². The number of halogens is 2. The Morgan fingerprint density at radius 2 is 1.80 bits per heavy atom. The van der Waals surface area contributed by atoms with E-state index in [-0.39, 0.29) is 42.4 Å². The largest absolute Gasteiger partial charge is 0.388 e. The van der Waals surface area contributed by atoms with Crippen LogP contribution in [0.15, 0.2) is 54.6 Å². The third-order valence-electron chi connectivity index (χ3n) is 7.61. The van der Waals surface area contributed by atoms with Gasteiger partial charge in [0, 0.05) is 12.3 Å². The van der Waals surface area contributed by atoms with Crippen molar-refractivity contribution in [3.63, 3.8) is 0 Å². The summed E-state index contributed by atoms with van der Waals surface area (Å²) in [5, 5.41) is 11.0. The fraction of sp³-hybridized carbons (Fsp3) is 0.480. The molecule has 0 spiro atoms. The van der Waals surface area contributed by atoms with Crippen molar-refractivity contribution in [1.82, 2.24) is 4.90 Å². The van der Waals surface area contributed by atoms with Gasteiger partial charge in [-0.05, 0) is 60.3 Å². The number of aliphatic hydroxyl groups is 1. The summed E-state index contributed by atoms with van der Waals surface area (Å²) in [6.45, 7) is 0.0693. The van der Waals surface area contributed by atoms with Crippen molar-refractivity contribution in [3.8, 4) is 0 Å². The average molecular weight is 411 g/mol. The van der Waals surface area contributed by atoms with Gasteiger partial charge >= 0.3 is 0 Å². The first kappa shape index (κ1) is 19.7. The Bertz CT molecular complexity index is 920. The molecule has 0 aromatic heterocycles. The number of alkyl halides is 1.